The van der Waals surface area contributed by atoms with Crippen LogP contribution >= 0.6 is 11.5 Å². The maximum atomic E-state index is 12.6. The van der Waals surface area contributed by atoms with Gasteiger partial charge in [-0.1, -0.05) is 24.3 Å². The molecular weight excluding hydrogens is 288 g/mol. The Hall–Kier alpha value is -2.21. The number of anilines is 1. The molecule has 0 aliphatic heterocycles. The predicted octanol–water partition coefficient (Wildman–Crippen LogP) is 2.45. The SMILES string of the molecule is Cc1nsc(N(C)C(=O)C2Cc3ccccc32)c1C(=O)O. The van der Waals surface area contributed by atoms with Crippen LogP contribution in [0.1, 0.15) is 33.1 Å². The van der Waals surface area contributed by atoms with Crippen LogP contribution in [0, 0.1) is 6.92 Å². The molecule has 1 atom stereocenters. The zero-order valence-corrected chi connectivity index (χ0v) is 12.5. The van der Waals surface area contributed by atoms with Crippen LogP contribution in [0.5, 0.6) is 0 Å². The van der Waals surface area contributed by atoms with Crippen LogP contribution in [0.25, 0.3) is 0 Å². The van der Waals surface area contributed by atoms with Gasteiger partial charge >= 0.3 is 5.97 Å². The van der Waals surface area contributed by atoms with E-state index in [9.17, 15) is 14.7 Å². The third kappa shape index (κ3) is 2.12. The number of aromatic nitrogens is 1. The summed E-state index contributed by atoms with van der Waals surface area (Å²) >= 11 is 1.05. The molecule has 108 valence electrons. The van der Waals surface area contributed by atoms with E-state index in [0.717, 1.165) is 17.1 Å². The third-order valence-corrected chi connectivity index (χ3v) is 4.86. The van der Waals surface area contributed by atoms with Crippen molar-refractivity contribution in [2.75, 3.05) is 11.9 Å². The summed E-state index contributed by atoms with van der Waals surface area (Å²) in [7, 11) is 1.61. The number of nitrogens with zero attached hydrogens (tertiary/aromatic N) is 2. The first-order chi connectivity index (χ1) is 10.0. The first kappa shape index (κ1) is 13.8. The third-order valence-electron chi connectivity index (χ3n) is 3.85. The Kier molecular flexibility index (Phi) is 3.25. The molecule has 5 nitrogen and oxygen atoms in total. The molecule has 1 aromatic heterocycles. The van der Waals surface area contributed by atoms with Gasteiger partial charge in [-0.15, -0.1) is 0 Å². The summed E-state index contributed by atoms with van der Waals surface area (Å²) in [6.45, 7) is 1.64. The Bertz CT molecular complexity index is 738. The second kappa shape index (κ2) is 4.96. The topological polar surface area (TPSA) is 70.5 Å². The van der Waals surface area contributed by atoms with E-state index in [1.54, 1.807) is 14.0 Å². The van der Waals surface area contributed by atoms with Crippen LogP contribution in [0.15, 0.2) is 24.3 Å². The van der Waals surface area contributed by atoms with Crippen molar-refractivity contribution >= 4 is 28.4 Å². The van der Waals surface area contributed by atoms with E-state index in [4.69, 9.17) is 0 Å². The number of carbonyl (C=O) groups excluding carboxylic acids is 1. The number of hydrogen-bond donors (Lipinski definition) is 1. The van der Waals surface area contributed by atoms with E-state index in [2.05, 4.69) is 4.37 Å². The molecule has 6 heteroatoms. The number of carboxylic acid groups (broad SMARTS) is 1. The van der Waals surface area contributed by atoms with Crippen molar-refractivity contribution in [1.29, 1.82) is 0 Å². The molecule has 0 bridgehead atoms. The molecule has 0 radical (unpaired) electrons. The van der Waals surface area contributed by atoms with Gasteiger partial charge in [0.05, 0.1) is 11.6 Å². The molecule has 1 heterocycles. The number of benzene rings is 1. The summed E-state index contributed by atoms with van der Waals surface area (Å²) < 4.78 is 4.06. The second-order valence-electron chi connectivity index (χ2n) is 5.11. The molecule has 0 spiro atoms. The van der Waals surface area contributed by atoms with Gasteiger partial charge in [0, 0.05) is 7.05 Å². The van der Waals surface area contributed by atoms with Crippen LogP contribution in [0.2, 0.25) is 0 Å². The van der Waals surface area contributed by atoms with Gasteiger partial charge in [-0.2, -0.15) is 4.37 Å². The molecule has 1 aliphatic rings. The first-order valence-electron chi connectivity index (χ1n) is 6.55. The van der Waals surface area contributed by atoms with Gasteiger partial charge in [-0.3, -0.25) is 4.79 Å². The molecule has 1 unspecified atom stereocenters. The monoisotopic (exact) mass is 302 g/mol. The fourth-order valence-electron chi connectivity index (χ4n) is 2.65. The highest BCUT2D eigenvalue weighted by Crippen LogP contribution is 2.38. The van der Waals surface area contributed by atoms with E-state index in [0.29, 0.717) is 17.1 Å². The Balaban J connectivity index is 1.89. The minimum absolute atomic E-state index is 0.0835. The van der Waals surface area contributed by atoms with Crippen molar-refractivity contribution in [3.05, 3.63) is 46.6 Å². The lowest BCUT2D eigenvalue weighted by molar-refractivity contribution is -0.120. The van der Waals surface area contributed by atoms with Gasteiger partial charge in [0.1, 0.15) is 10.6 Å². The van der Waals surface area contributed by atoms with E-state index in [1.807, 2.05) is 24.3 Å². The molecule has 0 fully saturated rings. The van der Waals surface area contributed by atoms with E-state index >= 15 is 0 Å². The largest absolute Gasteiger partial charge is 0.478 e. The van der Waals surface area contributed by atoms with Gasteiger partial charge < -0.3 is 10.0 Å². The number of hydrogen-bond acceptors (Lipinski definition) is 4. The molecule has 2 aromatic rings. The van der Waals surface area contributed by atoms with Crippen molar-refractivity contribution in [1.82, 2.24) is 4.37 Å². The average Bonchev–Trinajstić information content (AvgIpc) is 2.81. The smallest absolute Gasteiger partial charge is 0.340 e. The lowest BCUT2D eigenvalue weighted by atomic mass is 9.77. The summed E-state index contributed by atoms with van der Waals surface area (Å²) in [4.78, 5) is 25.3. The van der Waals surface area contributed by atoms with Crippen LogP contribution in [0.4, 0.5) is 5.00 Å². The van der Waals surface area contributed by atoms with Crippen LogP contribution in [-0.2, 0) is 11.2 Å². The fourth-order valence-corrected chi connectivity index (χ4v) is 3.50. The van der Waals surface area contributed by atoms with Crippen molar-refractivity contribution < 1.29 is 14.7 Å². The van der Waals surface area contributed by atoms with Crippen molar-refractivity contribution in [2.45, 2.75) is 19.3 Å². The molecule has 1 aromatic carbocycles. The number of fused-ring (bicyclic) bond motifs is 1. The quantitative estimate of drug-likeness (QED) is 0.945. The maximum Gasteiger partial charge on any atom is 0.340 e. The number of carboxylic acids is 1. The summed E-state index contributed by atoms with van der Waals surface area (Å²) in [5.74, 6) is -1.32. The summed E-state index contributed by atoms with van der Waals surface area (Å²) in [5, 5.41) is 9.66. The normalized spacial score (nSPS) is 16.0. The summed E-state index contributed by atoms with van der Waals surface area (Å²) in [6.07, 6.45) is 0.708. The lowest BCUT2D eigenvalue weighted by Crippen LogP contribution is -2.37. The summed E-state index contributed by atoms with van der Waals surface area (Å²) in [5.41, 5.74) is 2.77. The number of aryl methyl sites for hydroxylation is 1. The molecule has 0 saturated heterocycles. The first-order valence-corrected chi connectivity index (χ1v) is 7.33. The van der Waals surface area contributed by atoms with Crippen LogP contribution in [0.3, 0.4) is 0 Å². The zero-order valence-electron chi connectivity index (χ0n) is 11.7. The highest BCUT2D eigenvalue weighted by molar-refractivity contribution is 7.11. The molecule has 21 heavy (non-hydrogen) atoms. The number of amides is 1. The minimum Gasteiger partial charge on any atom is -0.478 e. The molecule has 3 rings (SSSR count). The molecular formula is C15H14N2O3S. The van der Waals surface area contributed by atoms with Crippen molar-refractivity contribution in [3.8, 4) is 0 Å². The van der Waals surface area contributed by atoms with Crippen molar-refractivity contribution in [3.63, 3.8) is 0 Å². The average molecular weight is 302 g/mol. The minimum atomic E-state index is -1.05. The highest BCUT2D eigenvalue weighted by Gasteiger charge is 2.35. The molecule has 1 aliphatic carbocycles. The fraction of sp³-hybridized carbons (Fsp3) is 0.267. The van der Waals surface area contributed by atoms with Gasteiger partial charge in [0.15, 0.2) is 0 Å². The molecule has 1 amide bonds. The molecule has 1 N–H and O–H groups in total. The standard InChI is InChI=1S/C15H14N2O3S/c1-8-12(15(19)20)14(21-16-8)17(2)13(18)11-7-9-5-3-4-6-10(9)11/h3-6,11H,7H2,1-2H3,(H,19,20). The number of aromatic carboxylic acids is 1. The van der Waals surface area contributed by atoms with Gasteiger partial charge in [-0.25, -0.2) is 4.79 Å². The summed E-state index contributed by atoms with van der Waals surface area (Å²) in [6, 6.07) is 7.83. The number of rotatable bonds is 3. The van der Waals surface area contributed by atoms with E-state index in [-0.39, 0.29) is 17.4 Å². The van der Waals surface area contributed by atoms with Crippen LogP contribution < -0.4 is 4.90 Å². The van der Waals surface area contributed by atoms with E-state index in [1.165, 1.54) is 10.5 Å². The van der Waals surface area contributed by atoms with Crippen molar-refractivity contribution in [2.24, 2.45) is 0 Å². The van der Waals surface area contributed by atoms with E-state index < -0.39 is 5.97 Å². The number of likely N-dealkylation sites (N-methyl/N-ethyl adjacent to an activating group) is 1. The van der Waals surface area contributed by atoms with Gasteiger partial charge in [0.25, 0.3) is 0 Å². The maximum absolute atomic E-state index is 12.6. The van der Waals surface area contributed by atoms with Gasteiger partial charge in [0.2, 0.25) is 5.91 Å². The Morgan fingerprint density at radius 2 is 2.10 bits per heavy atom. The number of carbonyl (C=O) groups is 2. The predicted molar refractivity (Wildman–Crippen MR) is 80.1 cm³/mol. The Morgan fingerprint density at radius 3 is 2.76 bits per heavy atom. The zero-order chi connectivity index (χ0) is 15.1. The second-order valence-corrected chi connectivity index (χ2v) is 5.86. The van der Waals surface area contributed by atoms with Gasteiger partial charge in [-0.05, 0) is 36.0 Å². The Labute approximate surface area is 126 Å². The molecule has 0 saturated carbocycles. The van der Waals surface area contributed by atoms with Crippen LogP contribution in [-0.4, -0.2) is 28.4 Å². The Morgan fingerprint density at radius 1 is 1.38 bits per heavy atom. The highest BCUT2D eigenvalue weighted by atomic mass is 32.1. The lowest BCUT2D eigenvalue weighted by Gasteiger charge is -2.31.